The molecule has 2 aliphatic rings. The number of amides is 1. The third kappa shape index (κ3) is 7.26. The number of rotatable bonds is 7. The Balaban J connectivity index is 1.30. The highest BCUT2D eigenvalue weighted by Gasteiger charge is 2.38. The fraction of sp³-hybridized carbons (Fsp3) is 0.500. The lowest BCUT2D eigenvalue weighted by atomic mass is 9.94. The topological polar surface area (TPSA) is 71.0 Å². The summed E-state index contributed by atoms with van der Waals surface area (Å²) in [5, 5.41) is 14.1. The van der Waals surface area contributed by atoms with Crippen molar-refractivity contribution < 1.29 is 19.4 Å². The van der Waals surface area contributed by atoms with Crippen LogP contribution in [0.5, 0.6) is 0 Å². The van der Waals surface area contributed by atoms with Crippen LogP contribution in [-0.4, -0.2) is 66.6 Å². The molecule has 2 aromatic rings. The molecule has 2 heterocycles. The van der Waals surface area contributed by atoms with Gasteiger partial charge in [-0.15, -0.1) is 0 Å². The van der Waals surface area contributed by atoms with E-state index >= 15 is 0 Å². The molecule has 6 nitrogen and oxygen atoms in total. The second-order valence-corrected chi connectivity index (χ2v) is 9.41. The van der Waals surface area contributed by atoms with Crippen molar-refractivity contribution in [2.24, 2.45) is 0 Å². The van der Waals surface area contributed by atoms with E-state index in [0.29, 0.717) is 37.7 Å². The van der Waals surface area contributed by atoms with Gasteiger partial charge in [0, 0.05) is 30.7 Å². The van der Waals surface area contributed by atoms with Crippen LogP contribution in [0.4, 0.5) is 0 Å². The molecule has 0 aliphatic carbocycles. The molecule has 2 N–H and O–H groups in total. The zero-order chi connectivity index (χ0) is 23.0. The van der Waals surface area contributed by atoms with Crippen LogP contribution in [0.15, 0.2) is 54.6 Å². The predicted octanol–water partition coefficient (Wildman–Crippen LogP) is 3.20. The van der Waals surface area contributed by atoms with Crippen LogP contribution in [-0.2, 0) is 27.2 Å². The van der Waals surface area contributed by atoms with Crippen LogP contribution < -0.4 is 5.32 Å². The van der Waals surface area contributed by atoms with E-state index in [-0.39, 0.29) is 30.8 Å². The number of aliphatic hydroxyl groups excluding tert-OH is 1. The third-order valence-electron chi connectivity index (χ3n) is 6.38. The largest absolute Gasteiger partial charge is 0.389 e. The summed E-state index contributed by atoms with van der Waals surface area (Å²) in [4.78, 5) is 14.8. The Morgan fingerprint density at radius 3 is 2.64 bits per heavy atom. The van der Waals surface area contributed by atoms with E-state index in [9.17, 15) is 9.90 Å². The van der Waals surface area contributed by atoms with Crippen LogP contribution in [0.25, 0.3) is 0 Å². The molecular weight excluding hydrogens is 440 g/mol. The minimum Gasteiger partial charge on any atom is -0.389 e. The summed E-state index contributed by atoms with van der Waals surface area (Å²) in [7, 11) is 0. The lowest BCUT2D eigenvalue weighted by molar-refractivity contribution is -0.158. The van der Waals surface area contributed by atoms with Gasteiger partial charge in [0.2, 0.25) is 5.91 Å². The third-order valence-corrected chi connectivity index (χ3v) is 6.63. The molecular formula is C26H33ClN2O4. The molecule has 33 heavy (non-hydrogen) atoms. The van der Waals surface area contributed by atoms with Crippen molar-refractivity contribution in [1.82, 2.24) is 10.2 Å². The van der Waals surface area contributed by atoms with E-state index in [2.05, 4.69) is 22.3 Å². The first-order valence-corrected chi connectivity index (χ1v) is 12.1. The molecule has 2 saturated heterocycles. The number of β-amino-alcohol motifs (C(OH)–C–C–N with tert-alkyl or cyclic N) is 1. The van der Waals surface area contributed by atoms with Crippen molar-refractivity contribution in [2.75, 3.05) is 26.3 Å². The van der Waals surface area contributed by atoms with Gasteiger partial charge in [0.05, 0.1) is 37.9 Å². The van der Waals surface area contributed by atoms with Crippen molar-refractivity contribution in [2.45, 2.75) is 56.6 Å². The van der Waals surface area contributed by atoms with E-state index in [0.717, 1.165) is 24.8 Å². The minimum absolute atomic E-state index is 0.0228. The van der Waals surface area contributed by atoms with E-state index < -0.39 is 6.10 Å². The highest BCUT2D eigenvalue weighted by Crippen LogP contribution is 2.29. The molecule has 7 heteroatoms. The van der Waals surface area contributed by atoms with Gasteiger partial charge in [-0.25, -0.2) is 0 Å². The van der Waals surface area contributed by atoms with Gasteiger partial charge >= 0.3 is 0 Å². The molecule has 2 fully saturated rings. The number of hydrogen-bond acceptors (Lipinski definition) is 5. The van der Waals surface area contributed by atoms with Crippen molar-refractivity contribution >= 4 is 17.5 Å². The van der Waals surface area contributed by atoms with Crippen LogP contribution >= 0.6 is 11.6 Å². The molecule has 0 radical (unpaired) electrons. The van der Waals surface area contributed by atoms with Gasteiger partial charge in [-0.2, -0.15) is 0 Å². The number of benzene rings is 2. The standard InChI is InChI=1S/C26H33ClN2O4/c27-21-8-6-20(7-9-21)15-29-16-22(30)17-32-18-25-24(29)11-10-23(33-25)14-26(31)28-13-12-19-4-2-1-3-5-19/h1-9,22-25,30H,10-18H2,(H,28,31)/t22-,23-,24+,25-/m0/s1. The molecule has 2 aliphatic heterocycles. The summed E-state index contributed by atoms with van der Waals surface area (Å²) in [6.45, 7) is 2.57. The summed E-state index contributed by atoms with van der Waals surface area (Å²) in [5.41, 5.74) is 2.36. The summed E-state index contributed by atoms with van der Waals surface area (Å²) in [5.74, 6) is 0.0228. The van der Waals surface area contributed by atoms with Crippen LogP contribution in [0.3, 0.4) is 0 Å². The quantitative estimate of drug-likeness (QED) is 0.647. The number of carbonyl (C=O) groups is 1. The lowest BCUT2D eigenvalue weighted by Gasteiger charge is -2.44. The van der Waals surface area contributed by atoms with Crippen molar-refractivity contribution in [3.8, 4) is 0 Å². The normalized spacial score (nSPS) is 26.1. The number of fused-ring (bicyclic) bond motifs is 1. The number of halogens is 1. The Morgan fingerprint density at radius 1 is 1.06 bits per heavy atom. The Bertz CT molecular complexity index is 880. The van der Waals surface area contributed by atoms with Crippen molar-refractivity contribution in [3.05, 3.63) is 70.7 Å². The smallest absolute Gasteiger partial charge is 0.222 e. The maximum Gasteiger partial charge on any atom is 0.222 e. The van der Waals surface area contributed by atoms with Crippen LogP contribution in [0, 0.1) is 0 Å². The molecule has 0 unspecified atom stereocenters. The van der Waals surface area contributed by atoms with Gasteiger partial charge in [-0.3, -0.25) is 9.69 Å². The summed E-state index contributed by atoms with van der Waals surface area (Å²) in [6, 6.07) is 18.1. The molecule has 0 saturated carbocycles. The van der Waals surface area contributed by atoms with Gasteiger partial charge in [-0.05, 0) is 42.5 Å². The first kappa shape index (κ1) is 24.2. The van der Waals surface area contributed by atoms with Gasteiger partial charge < -0.3 is 19.9 Å². The Kier molecular flexibility index (Phi) is 8.75. The van der Waals surface area contributed by atoms with Crippen molar-refractivity contribution in [3.63, 3.8) is 0 Å². The zero-order valence-electron chi connectivity index (χ0n) is 18.9. The molecule has 0 aromatic heterocycles. The highest BCUT2D eigenvalue weighted by molar-refractivity contribution is 6.30. The molecule has 0 spiro atoms. The summed E-state index contributed by atoms with van der Waals surface area (Å²) in [6.07, 6.45) is 2.10. The lowest BCUT2D eigenvalue weighted by Crippen LogP contribution is -2.55. The molecule has 2 aromatic carbocycles. The molecule has 0 bridgehead atoms. The number of carbonyl (C=O) groups excluding carboxylic acids is 1. The molecule has 1 amide bonds. The van der Waals surface area contributed by atoms with Gasteiger partial charge in [0.15, 0.2) is 0 Å². The monoisotopic (exact) mass is 472 g/mol. The molecule has 4 atom stereocenters. The average Bonchev–Trinajstić information content (AvgIpc) is 2.80. The fourth-order valence-electron chi connectivity index (χ4n) is 4.72. The maximum absolute atomic E-state index is 12.5. The number of nitrogens with zero attached hydrogens (tertiary/aromatic N) is 1. The molecule has 178 valence electrons. The van der Waals surface area contributed by atoms with E-state index in [1.165, 1.54) is 5.56 Å². The van der Waals surface area contributed by atoms with Crippen molar-refractivity contribution in [1.29, 1.82) is 0 Å². The minimum atomic E-state index is -0.536. The van der Waals surface area contributed by atoms with E-state index in [1.54, 1.807) is 0 Å². The Hall–Kier alpha value is -1.96. The second-order valence-electron chi connectivity index (χ2n) is 8.98. The number of hydrogen-bond donors (Lipinski definition) is 2. The number of nitrogens with one attached hydrogen (secondary N) is 1. The van der Waals surface area contributed by atoms with E-state index in [1.807, 2.05) is 42.5 Å². The average molecular weight is 473 g/mol. The van der Waals surface area contributed by atoms with E-state index in [4.69, 9.17) is 21.1 Å². The highest BCUT2D eigenvalue weighted by atomic mass is 35.5. The fourth-order valence-corrected chi connectivity index (χ4v) is 4.85. The number of aliphatic hydroxyl groups is 1. The number of ether oxygens (including phenoxy) is 2. The summed E-state index contributed by atoms with van der Waals surface area (Å²) >= 11 is 6.03. The van der Waals surface area contributed by atoms with Gasteiger partial charge in [0.25, 0.3) is 0 Å². The zero-order valence-corrected chi connectivity index (χ0v) is 19.6. The predicted molar refractivity (Wildman–Crippen MR) is 128 cm³/mol. The Morgan fingerprint density at radius 2 is 1.85 bits per heavy atom. The van der Waals surface area contributed by atoms with Crippen LogP contribution in [0.2, 0.25) is 5.02 Å². The summed E-state index contributed by atoms with van der Waals surface area (Å²) < 4.78 is 12.1. The Labute approximate surface area is 200 Å². The van der Waals surface area contributed by atoms with Gasteiger partial charge in [-0.1, -0.05) is 54.1 Å². The van der Waals surface area contributed by atoms with Gasteiger partial charge in [0.1, 0.15) is 0 Å². The van der Waals surface area contributed by atoms with Crippen LogP contribution in [0.1, 0.15) is 30.4 Å². The molecule has 4 rings (SSSR count). The second kappa shape index (κ2) is 12.0. The maximum atomic E-state index is 12.5. The SMILES string of the molecule is O=C(C[C@@H]1CC[C@@H]2[C@H](COC[C@@H](O)CN2Cc2ccc(Cl)cc2)O1)NCCc1ccccc1. The first-order valence-electron chi connectivity index (χ1n) is 11.8. The first-order chi connectivity index (χ1) is 16.1.